The molecule has 33 heavy (non-hydrogen) atoms. The number of methoxy groups -OCH3 is 2. The molecule has 1 aromatic heterocycles. The van der Waals surface area contributed by atoms with Crippen molar-refractivity contribution >= 4 is 28.2 Å². The molecule has 1 N–H and O–H groups in total. The third kappa shape index (κ3) is 5.54. The van der Waals surface area contributed by atoms with Crippen molar-refractivity contribution in [3.05, 3.63) is 65.0 Å². The number of esters is 1. The lowest BCUT2D eigenvalue weighted by atomic mass is 9.85. The highest BCUT2D eigenvalue weighted by Crippen LogP contribution is 2.40. The van der Waals surface area contributed by atoms with Crippen LogP contribution in [0.2, 0.25) is 0 Å². The number of hydrogen-bond donors (Lipinski definition) is 1. The van der Waals surface area contributed by atoms with E-state index in [9.17, 15) is 9.59 Å². The van der Waals surface area contributed by atoms with Gasteiger partial charge in [0.25, 0.3) is 0 Å². The summed E-state index contributed by atoms with van der Waals surface area (Å²) in [5, 5.41) is 5.28. The predicted octanol–water partition coefficient (Wildman–Crippen LogP) is 5.82. The van der Waals surface area contributed by atoms with Gasteiger partial charge in [-0.25, -0.2) is 4.79 Å². The van der Waals surface area contributed by atoms with E-state index in [1.54, 1.807) is 33.3 Å². The molecular formula is C26H29NO5S. The Kier molecular flexibility index (Phi) is 7.76. The Bertz CT molecular complexity index is 1120. The second-order valence-corrected chi connectivity index (χ2v) is 9.02. The fraction of sp³-hybridized carbons (Fsp3) is 0.308. The zero-order chi connectivity index (χ0) is 24.0. The minimum absolute atomic E-state index is 0.169. The molecule has 3 rings (SSSR count). The van der Waals surface area contributed by atoms with Crippen molar-refractivity contribution in [3.8, 4) is 22.6 Å². The van der Waals surface area contributed by atoms with Crippen LogP contribution in [0.3, 0.4) is 0 Å². The van der Waals surface area contributed by atoms with E-state index in [-0.39, 0.29) is 12.5 Å². The summed E-state index contributed by atoms with van der Waals surface area (Å²) < 4.78 is 16.0. The summed E-state index contributed by atoms with van der Waals surface area (Å²) in [5.41, 5.74) is 2.14. The minimum atomic E-state index is -0.680. The van der Waals surface area contributed by atoms with E-state index in [0.29, 0.717) is 34.0 Å². The van der Waals surface area contributed by atoms with Crippen LogP contribution >= 0.6 is 11.3 Å². The van der Waals surface area contributed by atoms with E-state index in [1.165, 1.54) is 11.3 Å². The molecule has 0 saturated heterocycles. The Balaban J connectivity index is 1.95. The average Bonchev–Trinajstić information content (AvgIpc) is 3.22. The Morgan fingerprint density at radius 2 is 1.70 bits per heavy atom. The Hall–Kier alpha value is -3.32. The molecule has 0 radical (unpaired) electrons. The predicted molar refractivity (Wildman–Crippen MR) is 131 cm³/mol. The first kappa shape index (κ1) is 24.3. The van der Waals surface area contributed by atoms with Crippen LogP contribution in [0.4, 0.5) is 5.00 Å². The number of carbonyl (C=O) groups is 2. The maximum Gasteiger partial charge on any atom is 0.341 e. The highest BCUT2D eigenvalue weighted by Gasteiger charge is 2.31. The molecule has 1 heterocycles. The maximum atomic E-state index is 13.2. The fourth-order valence-corrected chi connectivity index (χ4v) is 4.48. The van der Waals surface area contributed by atoms with Crippen LogP contribution in [0.1, 0.15) is 36.7 Å². The van der Waals surface area contributed by atoms with Crippen molar-refractivity contribution in [1.29, 1.82) is 0 Å². The smallest absolute Gasteiger partial charge is 0.341 e. The largest absolute Gasteiger partial charge is 0.493 e. The SMILES string of the molecule is CCOC(=O)c1c(-c2ccc(OC)c(OC)c2)csc1NC(=O)C(C)(C)Cc1ccccc1. The van der Waals surface area contributed by atoms with Crippen LogP contribution in [0.25, 0.3) is 11.1 Å². The lowest BCUT2D eigenvalue weighted by Crippen LogP contribution is -2.33. The number of hydrogen-bond acceptors (Lipinski definition) is 6. The maximum absolute atomic E-state index is 13.2. The van der Waals surface area contributed by atoms with Gasteiger partial charge in [0.1, 0.15) is 10.6 Å². The third-order valence-corrected chi connectivity index (χ3v) is 6.19. The Labute approximate surface area is 198 Å². The zero-order valence-electron chi connectivity index (χ0n) is 19.6. The van der Waals surface area contributed by atoms with Gasteiger partial charge in [0.05, 0.1) is 20.8 Å². The molecule has 7 heteroatoms. The second kappa shape index (κ2) is 10.5. The normalized spacial score (nSPS) is 11.1. The van der Waals surface area contributed by atoms with Gasteiger partial charge in [0, 0.05) is 16.4 Å². The number of benzene rings is 2. The van der Waals surface area contributed by atoms with E-state index in [4.69, 9.17) is 14.2 Å². The molecule has 0 aliphatic heterocycles. The first-order valence-corrected chi connectivity index (χ1v) is 11.5. The van der Waals surface area contributed by atoms with Crippen molar-refractivity contribution in [2.24, 2.45) is 5.41 Å². The van der Waals surface area contributed by atoms with E-state index >= 15 is 0 Å². The molecular weight excluding hydrogens is 438 g/mol. The Morgan fingerprint density at radius 3 is 2.33 bits per heavy atom. The van der Waals surface area contributed by atoms with Crippen LogP contribution in [0, 0.1) is 5.41 Å². The summed E-state index contributed by atoms with van der Waals surface area (Å²) >= 11 is 1.29. The first-order valence-electron chi connectivity index (χ1n) is 10.7. The molecule has 0 spiro atoms. The number of anilines is 1. The summed E-state index contributed by atoms with van der Waals surface area (Å²) in [4.78, 5) is 26.1. The number of ether oxygens (including phenoxy) is 3. The van der Waals surface area contributed by atoms with Gasteiger partial charge in [-0.2, -0.15) is 0 Å². The molecule has 174 valence electrons. The van der Waals surface area contributed by atoms with Crippen LogP contribution < -0.4 is 14.8 Å². The van der Waals surface area contributed by atoms with Crippen LogP contribution in [-0.4, -0.2) is 32.7 Å². The first-order chi connectivity index (χ1) is 15.8. The van der Waals surface area contributed by atoms with Crippen molar-refractivity contribution in [3.63, 3.8) is 0 Å². The summed E-state index contributed by atoms with van der Waals surface area (Å²) in [5.74, 6) is 0.480. The third-order valence-electron chi connectivity index (χ3n) is 5.30. The van der Waals surface area contributed by atoms with E-state index in [2.05, 4.69) is 5.32 Å². The van der Waals surface area contributed by atoms with Crippen LogP contribution in [0.15, 0.2) is 53.9 Å². The average molecular weight is 468 g/mol. The molecule has 0 unspecified atom stereocenters. The topological polar surface area (TPSA) is 73.9 Å². The molecule has 0 aliphatic rings. The minimum Gasteiger partial charge on any atom is -0.493 e. The number of carbonyl (C=O) groups excluding carboxylic acids is 2. The number of amides is 1. The molecule has 6 nitrogen and oxygen atoms in total. The van der Waals surface area contributed by atoms with E-state index in [0.717, 1.165) is 11.1 Å². The highest BCUT2D eigenvalue weighted by molar-refractivity contribution is 7.15. The Morgan fingerprint density at radius 1 is 1.00 bits per heavy atom. The van der Waals surface area contributed by atoms with E-state index < -0.39 is 11.4 Å². The summed E-state index contributed by atoms with van der Waals surface area (Å²) in [6.45, 7) is 5.76. The molecule has 3 aromatic rings. The number of thiophene rings is 1. The molecule has 0 atom stereocenters. The number of nitrogens with one attached hydrogen (secondary N) is 1. The summed E-state index contributed by atoms with van der Waals surface area (Å²) in [7, 11) is 3.12. The monoisotopic (exact) mass is 467 g/mol. The van der Waals surface area contributed by atoms with Crippen molar-refractivity contribution in [2.75, 3.05) is 26.1 Å². The molecule has 2 aromatic carbocycles. The number of rotatable bonds is 9. The van der Waals surface area contributed by atoms with Crippen molar-refractivity contribution in [2.45, 2.75) is 27.2 Å². The van der Waals surface area contributed by atoms with Gasteiger partial charge in [-0.05, 0) is 36.6 Å². The molecule has 1 amide bonds. The van der Waals surface area contributed by atoms with Crippen LogP contribution in [0.5, 0.6) is 11.5 Å². The quantitative estimate of drug-likeness (QED) is 0.402. The van der Waals surface area contributed by atoms with Gasteiger partial charge in [-0.3, -0.25) is 4.79 Å². The van der Waals surface area contributed by atoms with Gasteiger partial charge in [0.15, 0.2) is 11.5 Å². The summed E-state index contributed by atoms with van der Waals surface area (Å²) in [6, 6.07) is 15.3. The van der Waals surface area contributed by atoms with Gasteiger partial charge >= 0.3 is 5.97 Å². The standard InChI is InChI=1S/C26H29NO5S/c1-6-32-24(28)22-19(18-12-13-20(30-4)21(14-18)31-5)16-33-23(22)27-25(29)26(2,3)15-17-10-8-7-9-11-17/h7-14,16H,6,15H2,1-5H3,(H,27,29). The van der Waals surface area contributed by atoms with Gasteiger partial charge < -0.3 is 19.5 Å². The van der Waals surface area contributed by atoms with E-state index in [1.807, 2.05) is 55.6 Å². The molecule has 0 aliphatic carbocycles. The zero-order valence-corrected chi connectivity index (χ0v) is 20.4. The molecule has 0 saturated carbocycles. The van der Waals surface area contributed by atoms with Gasteiger partial charge in [-0.1, -0.05) is 50.2 Å². The van der Waals surface area contributed by atoms with Crippen molar-refractivity contribution < 1.29 is 23.8 Å². The van der Waals surface area contributed by atoms with Gasteiger partial charge in [0.2, 0.25) is 5.91 Å². The second-order valence-electron chi connectivity index (χ2n) is 8.14. The summed E-state index contributed by atoms with van der Waals surface area (Å²) in [6.07, 6.45) is 0.572. The molecule has 0 bridgehead atoms. The lowest BCUT2D eigenvalue weighted by Gasteiger charge is -2.23. The van der Waals surface area contributed by atoms with Gasteiger partial charge in [-0.15, -0.1) is 11.3 Å². The fourth-order valence-electron chi connectivity index (χ4n) is 3.53. The van der Waals surface area contributed by atoms with Crippen molar-refractivity contribution in [1.82, 2.24) is 0 Å². The molecule has 0 fully saturated rings. The van der Waals surface area contributed by atoms with Crippen LogP contribution in [-0.2, 0) is 16.0 Å². The lowest BCUT2D eigenvalue weighted by molar-refractivity contribution is -0.123. The highest BCUT2D eigenvalue weighted by atomic mass is 32.1.